The van der Waals surface area contributed by atoms with E-state index < -0.39 is 0 Å². The zero-order valence-corrected chi connectivity index (χ0v) is 14.6. The van der Waals surface area contributed by atoms with Gasteiger partial charge >= 0.3 is 0 Å². The number of benzene rings is 2. The lowest BCUT2D eigenvalue weighted by Gasteiger charge is -2.03. The third-order valence-corrected chi connectivity index (χ3v) is 6.04. The second-order valence-electron chi connectivity index (χ2n) is 4.69. The van der Waals surface area contributed by atoms with E-state index in [1.54, 1.807) is 0 Å². The van der Waals surface area contributed by atoms with Gasteiger partial charge in [0.25, 0.3) is 0 Å². The van der Waals surface area contributed by atoms with Crippen molar-refractivity contribution in [3.8, 4) is 0 Å². The molecule has 0 radical (unpaired) electrons. The quantitative estimate of drug-likeness (QED) is 0.434. The Hall–Kier alpha value is -0.320. The summed E-state index contributed by atoms with van der Waals surface area (Å²) < 4.78 is 4.02. The van der Waals surface area contributed by atoms with Gasteiger partial charge in [0, 0.05) is 28.8 Å². The van der Waals surface area contributed by atoms with E-state index in [2.05, 4.69) is 60.7 Å². The molecule has 2 aromatic carbocycles. The van der Waals surface area contributed by atoms with Crippen molar-refractivity contribution in [2.75, 3.05) is 0 Å². The zero-order valence-electron chi connectivity index (χ0n) is 10.9. The number of rotatable bonds is 2. The Balaban J connectivity index is 2.41. The first-order valence-corrected chi connectivity index (χ1v) is 8.74. The Labute approximate surface area is 135 Å². The summed E-state index contributed by atoms with van der Waals surface area (Å²) in [4.78, 5) is 0. The fourth-order valence-electron chi connectivity index (χ4n) is 2.45. The van der Waals surface area contributed by atoms with Crippen molar-refractivity contribution in [3.05, 3.63) is 44.0 Å². The molecule has 0 fully saturated rings. The lowest BCUT2D eigenvalue weighted by molar-refractivity contribution is 1.13. The average Bonchev–Trinajstić information content (AvgIpc) is 2.72. The summed E-state index contributed by atoms with van der Waals surface area (Å²) in [5.74, 6) is 0. The van der Waals surface area contributed by atoms with Crippen molar-refractivity contribution in [3.63, 3.8) is 0 Å². The molecule has 0 bridgehead atoms. The van der Waals surface area contributed by atoms with E-state index in [1.165, 1.54) is 34.9 Å². The van der Waals surface area contributed by atoms with Crippen molar-refractivity contribution in [1.29, 1.82) is 0 Å². The van der Waals surface area contributed by atoms with Crippen LogP contribution in [0.2, 0.25) is 5.02 Å². The molecular weight excluding hydrogens is 387 g/mol. The molecule has 3 aromatic rings. The molecule has 0 nitrogen and oxygen atoms in total. The van der Waals surface area contributed by atoms with E-state index in [-0.39, 0.29) is 0 Å². The molecule has 0 atom stereocenters. The topological polar surface area (TPSA) is 0 Å². The molecule has 0 N–H and O–H groups in total. The second-order valence-corrected chi connectivity index (χ2v) is 7.34. The lowest BCUT2D eigenvalue weighted by atomic mass is 10.1. The molecule has 0 amide bonds. The van der Waals surface area contributed by atoms with Crippen LogP contribution in [0.1, 0.15) is 25.0 Å². The molecule has 1 aromatic heterocycles. The van der Waals surface area contributed by atoms with Gasteiger partial charge in [0.05, 0.1) is 0 Å². The minimum atomic E-state index is 0.895. The summed E-state index contributed by atoms with van der Waals surface area (Å²) in [6.07, 6.45) is 2.07. The second kappa shape index (κ2) is 5.23. The first-order chi connectivity index (χ1) is 9.13. The highest BCUT2D eigenvalue weighted by molar-refractivity contribution is 14.1. The number of thiophene rings is 1. The van der Waals surface area contributed by atoms with Crippen LogP contribution in [-0.2, 0) is 12.8 Å². The van der Waals surface area contributed by atoms with E-state index in [9.17, 15) is 0 Å². The molecule has 0 unspecified atom stereocenters. The SMILES string of the molecule is CCc1cc2c(cc1Cl)sc1cc(I)c(CC)cc12. The van der Waals surface area contributed by atoms with Crippen LogP contribution in [0.5, 0.6) is 0 Å². The third kappa shape index (κ3) is 2.28. The molecular formula is C16H14ClIS. The normalized spacial score (nSPS) is 11.6. The van der Waals surface area contributed by atoms with Crippen molar-refractivity contribution in [2.45, 2.75) is 26.7 Å². The maximum absolute atomic E-state index is 6.33. The molecule has 98 valence electrons. The number of fused-ring (bicyclic) bond motifs is 3. The van der Waals surface area contributed by atoms with E-state index in [1.807, 2.05) is 11.3 Å². The van der Waals surface area contributed by atoms with Crippen LogP contribution in [0.3, 0.4) is 0 Å². The number of halogens is 2. The molecule has 3 rings (SSSR count). The molecule has 0 aliphatic carbocycles. The van der Waals surface area contributed by atoms with Crippen molar-refractivity contribution in [2.24, 2.45) is 0 Å². The van der Waals surface area contributed by atoms with Gasteiger partial charge in [-0.1, -0.05) is 25.4 Å². The summed E-state index contributed by atoms with van der Waals surface area (Å²) in [5.41, 5.74) is 2.67. The summed E-state index contributed by atoms with van der Waals surface area (Å²) >= 11 is 10.6. The van der Waals surface area contributed by atoms with Crippen molar-refractivity contribution in [1.82, 2.24) is 0 Å². The molecule has 0 aliphatic rings. The van der Waals surface area contributed by atoms with Gasteiger partial charge in [0.1, 0.15) is 0 Å². The zero-order chi connectivity index (χ0) is 13.6. The van der Waals surface area contributed by atoms with Gasteiger partial charge in [0.15, 0.2) is 0 Å². The van der Waals surface area contributed by atoms with Gasteiger partial charge in [-0.05, 0) is 70.8 Å². The molecule has 0 spiro atoms. The number of hydrogen-bond acceptors (Lipinski definition) is 1. The van der Waals surface area contributed by atoms with E-state index >= 15 is 0 Å². The third-order valence-electron chi connectivity index (χ3n) is 3.57. The summed E-state index contributed by atoms with van der Waals surface area (Å²) in [7, 11) is 0. The van der Waals surface area contributed by atoms with Crippen LogP contribution in [-0.4, -0.2) is 0 Å². The van der Waals surface area contributed by atoms with Crippen LogP contribution in [0.15, 0.2) is 24.3 Å². The molecule has 0 saturated heterocycles. The Kier molecular flexibility index (Phi) is 3.76. The lowest BCUT2D eigenvalue weighted by Crippen LogP contribution is -1.85. The largest absolute Gasteiger partial charge is 0.135 e. The Bertz CT molecular complexity index is 709. The van der Waals surface area contributed by atoms with Gasteiger partial charge < -0.3 is 0 Å². The van der Waals surface area contributed by atoms with Gasteiger partial charge in [-0.25, -0.2) is 0 Å². The summed E-state index contributed by atoms with van der Waals surface area (Å²) in [6, 6.07) is 9.05. The molecule has 0 saturated carbocycles. The first kappa shape index (κ1) is 13.7. The number of hydrogen-bond donors (Lipinski definition) is 0. The standard InChI is InChI=1S/C16H14ClIS/c1-3-9-5-11-12-6-10(4-2)14(18)8-16(12)19-15(11)7-13(9)17/h5-8H,3-4H2,1-2H3. The van der Waals surface area contributed by atoms with E-state index in [0.717, 1.165) is 17.9 Å². The van der Waals surface area contributed by atoms with Crippen LogP contribution in [0.25, 0.3) is 20.2 Å². The molecule has 0 aliphatic heterocycles. The van der Waals surface area contributed by atoms with Crippen LogP contribution >= 0.6 is 45.5 Å². The van der Waals surface area contributed by atoms with E-state index in [0.29, 0.717) is 0 Å². The highest BCUT2D eigenvalue weighted by Gasteiger charge is 2.10. The molecule has 1 heterocycles. The van der Waals surface area contributed by atoms with Gasteiger partial charge in [-0.15, -0.1) is 11.3 Å². The highest BCUT2D eigenvalue weighted by atomic mass is 127. The van der Waals surface area contributed by atoms with Crippen molar-refractivity contribution >= 4 is 65.7 Å². The van der Waals surface area contributed by atoms with Crippen LogP contribution in [0, 0.1) is 3.57 Å². The maximum atomic E-state index is 6.33. The van der Waals surface area contributed by atoms with Crippen LogP contribution in [0.4, 0.5) is 0 Å². The molecule has 3 heteroatoms. The molecule has 19 heavy (non-hydrogen) atoms. The first-order valence-electron chi connectivity index (χ1n) is 6.47. The number of aryl methyl sites for hydroxylation is 2. The minimum Gasteiger partial charge on any atom is -0.135 e. The predicted octanol–water partition coefficient (Wildman–Crippen LogP) is 6.44. The Morgan fingerprint density at radius 3 is 2.16 bits per heavy atom. The predicted molar refractivity (Wildman–Crippen MR) is 95.8 cm³/mol. The van der Waals surface area contributed by atoms with Gasteiger partial charge in [-0.2, -0.15) is 0 Å². The summed E-state index contributed by atoms with van der Waals surface area (Å²) in [5, 5.41) is 3.63. The Morgan fingerprint density at radius 2 is 1.53 bits per heavy atom. The van der Waals surface area contributed by atoms with Crippen LogP contribution < -0.4 is 0 Å². The maximum Gasteiger partial charge on any atom is 0.0452 e. The highest BCUT2D eigenvalue weighted by Crippen LogP contribution is 2.38. The summed E-state index contributed by atoms with van der Waals surface area (Å²) in [6.45, 7) is 4.37. The van der Waals surface area contributed by atoms with E-state index in [4.69, 9.17) is 11.6 Å². The van der Waals surface area contributed by atoms with Crippen molar-refractivity contribution < 1.29 is 0 Å². The fraction of sp³-hybridized carbons (Fsp3) is 0.250. The van der Waals surface area contributed by atoms with Gasteiger partial charge in [-0.3, -0.25) is 0 Å². The van der Waals surface area contributed by atoms with Gasteiger partial charge in [0.2, 0.25) is 0 Å². The monoisotopic (exact) mass is 400 g/mol. The smallest absolute Gasteiger partial charge is 0.0452 e. The average molecular weight is 401 g/mol. The minimum absolute atomic E-state index is 0.895. The Morgan fingerprint density at radius 1 is 0.947 bits per heavy atom. The fourth-order valence-corrected chi connectivity index (χ4v) is 5.02.